The van der Waals surface area contributed by atoms with Crippen molar-refractivity contribution in [3.63, 3.8) is 0 Å². The van der Waals surface area contributed by atoms with E-state index in [-0.39, 0.29) is 46.5 Å². The average Bonchev–Trinajstić information content (AvgIpc) is 3.25. The lowest BCUT2D eigenvalue weighted by Gasteiger charge is -2.37. The van der Waals surface area contributed by atoms with Gasteiger partial charge in [0.2, 0.25) is 25.0 Å². The van der Waals surface area contributed by atoms with E-state index in [1.54, 1.807) is 24.3 Å². The van der Waals surface area contributed by atoms with Crippen LogP contribution in [0, 0.1) is 0 Å². The maximum Gasteiger partial charge on any atom is 0.250 e. The molecular formula is C55H87BrO7Si5. The lowest BCUT2D eigenvalue weighted by Crippen LogP contribution is -2.44. The molecule has 0 bridgehead atoms. The van der Waals surface area contributed by atoms with Gasteiger partial charge in [-0.25, -0.2) is 0 Å². The number of aliphatic hydroxyl groups excluding tert-OH is 1. The highest BCUT2D eigenvalue weighted by atomic mass is 79.9. The second kappa shape index (κ2) is 28.8. The fourth-order valence-electron chi connectivity index (χ4n) is 5.39. The summed E-state index contributed by atoms with van der Waals surface area (Å²) >= 11 is 3.50. The van der Waals surface area contributed by atoms with Gasteiger partial charge in [0.25, 0.3) is 0 Å². The van der Waals surface area contributed by atoms with Crippen LogP contribution < -0.4 is 13.3 Å². The second-order valence-electron chi connectivity index (χ2n) is 21.5. The first kappa shape index (κ1) is 62.3. The van der Waals surface area contributed by atoms with Gasteiger partial charge in [-0.05, 0) is 114 Å². The van der Waals surface area contributed by atoms with Crippen LogP contribution in [0.1, 0.15) is 94.9 Å². The number of benzene rings is 5. The maximum atomic E-state index is 10.1. The van der Waals surface area contributed by atoms with Crippen LogP contribution >= 0.6 is 15.9 Å². The summed E-state index contributed by atoms with van der Waals surface area (Å²) in [5.41, 5.74) is 4.94. The molecule has 0 saturated carbocycles. The number of phenols is 2. The SMILES string of the molecule is CC(C)(C)[Si](C)(C)Oc1ccccc1CBr.CC(C)(C)[Si](C)(C)Oc1ccccc1CO.C[SiH2]Cc1ccccc1O.C[SiH2]Cc1ccccc1O[Si](C)(C)C(C)(C)C.O=Cc1ccccc1O. The summed E-state index contributed by atoms with van der Waals surface area (Å²) in [6.07, 6.45) is 0.620. The highest BCUT2D eigenvalue weighted by Crippen LogP contribution is 2.40. The molecule has 0 saturated heterocycles. The van der Waals surface area contributed by atoms with E-state index in [0.717, 1.165) is 39.7 Å². The summed E-state index contributed by atoms with van der Waals surface area (Å²) in [7, 11) is -5.13. The fraction of sp³-hybridized carbons (Fsp3) is 0.436. The Kier molecular flexibility index (Phi) is 26.4. The van der Waals surface area contributed by atoms with Crippen LogP contribution in [-0.2, 0) is 24.0 Å². The summed E-state index contributed by atoms with van der Waals surface area (Å²) in [6.45, 7) is 38.5. The van der Waals surface area contributed by atoms with Gasteiger partial charge in [0.05, 0.1) is 12.2 Å². The molecule has 0 unspecified atom stereocenters. The molecule has 0 fully saturated rings. The largest absolute Gasteiger partial charge is 0.543 e. The van der Waals surface area contributed by atoms with Gasteiger partial charge < -0.3 is 28.6 Å². The van der Waals surface area contributed by atoms with Crippen molar-refractivity contribution in [1.82, 2.24) is 0 Å². The zero-order valence-electron chi connectivity index (χ0n) is 44.7. The third kappa shape index (κ3) is 21.1. The molecule has 5 rings (SSSR count). The Morgan fingerprint density at radius 3 is 1.13 bits per heavy atom. The van der Waals surface area contributed by atoms with E-state index in [2.05, 4.69) is 173 Å². The minimum Gasteiger partial charge on any atom is -0.543 e. The fourth-order valence-corrected chi connectivity index (χ4v) is 10.9. The molecule has 3 N–H and O–H groups in total. The van der Waals surface area contributed by atoms with Crippen molar-refractivity contribution < 1.29 is 33.4 Å². The Balaban J connectivity index is 0.000000433. The van der Waals surface area contributed by atoms with Crippen molar-refractivity contribution >= 4 is 66.2 Å². The second-order valence-corrected chi connectivity index (χ2v) is 39.2. The highest BCUT2D eigenvalue weighted by molar-refractivity contribution is 9.08. The predicted molar refractivity (Wildman–Crippen MR) is 309 cm³/mol. The van der Waals surface area contributed by atoms with E-state index < -0.39 is 25.0 Å². The van der Waals surface area contributed by atoms with E-state index in [1.807, 2.05) is 48.5 Å². The lowest BCUT2D eigenvalue weighted by molar-refractivity contribution is 0.112. The minimum atomic E-state index is -1.80. The first-order chi connectivity index (χ1) is 31.5. The summed E-state index contributed by atoms with van der Waals surface area (Å²) < 4.78 is 18.9. The van der Waals surface area contributed by atoms with Crippen molar-refractivity contribution in [2.24, 2.45) is 0 Å². The standard InChI is InChI=1S/C14H26OSi2.C13H21BrOSi.C13H22O2Si.C8H12OSi.C7H6O2/c1-14(2,3)17(5,6)15-13-10-8-7-9-12(13)11-16-4;2*1-13(2,3)16(4,5)15-12-9-7-6-8-11(12)10-14;1-10-6-7-4-2-3-5-8(7)9;8-5-6-3-1-2-4-7(6)9/h7-10H,11,16H2,1-6H3;6-9H,10H2,1-5H3;6-9,14H,10H2,1-5H3;2-5,9H,6,10H2,1H3;1-5,9H. The molecule has 376 valence electrons. The number of aliphatic hydroxyl groups is 1. The number of rotatable bonds is 13. The number of alkyl halides is 1. The number of aldehydes is 1. The third-order valence-electron chi connectivity index (χ3n) is 12.8. The van der Waals surface area contributed by atoms with Gasteiger partial charge in [-0.15, -0.1) is 0 Å². The molecule has 0 radical (unpaired) electrons. The van der Waals surface area contributed by atoms with E-state index in [1.165, 1.54) is 23.2 Å². The highest BCUT2D eigenvalue weighted by Gasteiger charge is 2.41. The van der Waals surface area contributed by atoms with E-state index in [0.29, 0.717) is 17.6 Å². The number of carbonyl (C=O) groups is 1. The first-order valence-corrected chi connectivity index (χ1v) is 38.7. The smallest absolute Gasteiger partial charge is 0.250 e. The molecule has 0 heterocycles. The molecule has 0 aliphatic rings. The number of para-hydroxylation sites is 5. The van der Waals surface area contributed by atoms with E-state index >= 15 is 0 Å². The van der Waals surface area contributed by atoms with E-state index in [9.17, 15) is 15.0 Å². The summed E-state index contributed by atoms with van der Waals surface area (Å²) in [5, 5.41) is 28.9. The van der Waals surface area contributed by atoms with Gasteiger partial charge in [-0.1, -0.05) is 176 Å². The van der Waals surface area contributed by atoms with Crippen LogP contribution in [0.5, 0.6) is 28.7 Å². The quantitative estimate of drug-likeness (QED) is 0.0613. The Hall–Kier alpha value is -3.71. The Morgan fingerprint density at radius 2 is 0.794 bits per heavy atom. The summed E-state index contributed by atoms with van der Waals surface area (Å²) in [4.78, 5) is 10.1. The average molecular weight is 1080 g/mol. The topological polar surface area (TPSA) is 105 Å². The number of carbonyl (C=O) groups excluding carboxylic acids is 1. The van der Waals surface area contributed by atoms with Crippen LogP contribution in [0.2, 0.25) is 67.5 Å². The van der Waals surface area contributed by atoms with E-state index in [4.69, 9.17) is 18.4 Å². The summed E-state index contributed by atoms with van der Waals surface area (Å²) in [5.74, 6) is 3.49. The minimum absolute atomic E-state index is 0.0325. The van der Waals surface area contributed by atoms with Crippen LogP contribution in [0.3, 0.4) is 0 Å². The molecule has 5 aromatic rings. The maximum absolute atomic E-state index is 10.1. The molecule has 0 amide bonds. The zero-order valence-corrected chi connectivity index (χ0v) is 52.1. The Labute approximate surface area is 428 Å². The molecule has 68 heavy (non-hydrogen) atoms. The first-order valence-electron chi connectivity index (χ1n) is 24.0. The van der Waals surface area contributed by atoms with Crippen molar-refractivity contribution in [2.45, 2.75) is 154 Å². The van der Waals surface area contributed by atoms with Gasteiger partial charge >= 0.3 is 0 Å². The van der Waals surface area contributed by atoms with Crippen molar-refractivity contribution in [2.75, 3.05) is 0 Å². The predicted octanol–water partition coefficient (Wildman–Crippen LogP) is 14.6. The van der Waals surface area contributed by atoms with Crippen LogP contribution in [0.4, 0.5) is 0 Å². The monoisotopic (exact) mass is 1080 g/mol. The van der Waals surface area contributed by atoms with Crippen LogP contribution in [0.25, 0.3) is 0 Å². The molecule has 0 spiro atoms. The number of phenolic OH excluding ortho intramolecular Hbond substituents is 2. The van der Waals surface area contributed by atoms with Crippen LogP contribution in [-0.4, -0.2) is 65.6 Å². The molecule has 13 heteroatoms. The van der Waals surface area contributed by atoms with Gasteiger partial charge in [-0.2, -0.15) is 0 Å². The van der Waals surface area contributed by atoms with Gasteiger partial charge in [-0.3, -0.25) is 4.79 Å². The molecule has 7 nitrogen and oxygen atoms in total. The molecular weight excluding hydrogens is 993 g/mol. The van der Waals surface area contributed by atoms with Gasteiger partial charge in [0, 0.05) is 35.5 Å². The third-order valence-corrected chi connectivity index (χ3v) is 28.5. The normalized spacial score (nSPS) is 12.0. The zero-order chi connectivity index (χ0) is 52.0. The summed E-state index contributed by atoms with van der Waals surface area (Å²) in [6, 6.07) is 40.9. The number of aromatic hydroxyl groups is 2. The molecule has 0 aromatic heterocycles. The Morgan fingerprint density at radius 1 is 0.485 bits per heavy atom. The Bertz CT molecular complexity index is 2160. The lowest BCUT2D eigenvalue weighted by atomic mass is 10.2. The number of halogens is 1. The molecule has 0 aliphatic carbocycles. The molecule has 0 atom stereocenters. The van der Waals surface area contributed by atoms with Gasteiger partial charge in [0.1, 0.15) is 28.7 Å². The molecule has 5 aromatic carbocycles. The van der Waals surface area contributed by atoms with Gasteiger partial charge in [0.15, 0.2) is 6.29 Å². The molecule has 0 aliphatic heterocycles. The number of hydrogen-bond donors (Lipinski definition) is 3. The van der Waals surface area contributed by atoms with Crippen molar-refractivity contribution in [1.29, 1.82) is 0 Å². The van der Waals surface area contributed by atoms with Crippen molar-refractivity contribution in [3.8, 4) is 28.7 Å². The van der Waals surface area contributed by atoms with Crippen molar-refractivity contribution in [3.05, 3.63) is 149 Å². The van der Waals surface area contributed by atoms with Crippen LogP contribution in [0.15, 0.2) is 121 Å². The number of hydrogen-bond acceptors (Lipinski definition) is 7.